The highest BCUT2D eigenvalue weighted by Crippen LogP contribution is 2.34. The van der Waals surface area contributed by atoms with Gasteiger partial charge >= 0.3 is 6.09 Å². The van der Waals surface area contributed by atoms with Crippen molar-refractivity contribution in [2.45, 2.75) is 52.6 Å². The van der Waals surface area contributed by atoms with E-state index in [4.69, 9.17) is 0 Å². The highest BCUT2D eigenvalue weighted by molar-refractivity contribution is 5.57. The summed E-state index contributed by atoms with van der Waals surface area (Å²) in [5, 5.41) is 13.0. The molecule has 2 N–H and O–H groups in total. The lowest BCUT2D eigenvalue weighted by Crippen LogP contribution is -2.62. The normalized spacial score (nSPS) is 29.9. The van der Waals surface area contributed by atoms with E-state index >= 15 is 0 Å². The van der Waals surface area contributed by atoms with Crippen molar-refractivity contribution in [3.05, 3.63) is 0 Å². The third kappa shape index (κ3) is 2.99. The van der Waals surface area contributed by atoms with E-state index in [0.29, 0.717) is 12.0 Å². The van der Waals surface area contributed by atoms with Gasteiger partial charge in [0.15, 0.2) is 0 Å². The van der Waals surface area contributed by atoms with Crippen molar-refractivity contribution in [3.63, 3.8) is 0 Å². The fourth-order valence-electron chi connectivity index (χ4n) is 2.67. The zero-order chi connectivity index (χ0) is 13.3. The van der Waals surface area contributed by atoms with Crippen LogP contribution in [-0.4, -0.2) is 46.9 Å². The van der Waals surface area contributed by atoms with E-state index in [0.717, 1.165) is 26.1 Å². The second-order valence-corrected chi connectivity index (χ2v) is 6.55. The van der Waals surface area contributed by atoms with E-state index in [1.807, 2.05) is 20.8 Å². The SMILES string of the molecule is CC(C)NC[C@@H]1CC[N+](C(=O)O)(C(C)(C)C)C1. The van der Waals surface area contributed by atoms with Crippen molar-refractivity contribution < 1.29 is 14.4 Å². The minimum atomic E-state index is -0.676. The van der Waals surface area contributed by atoms with Gasteiger partial charge < -0.3 is 10.4 Å². The number of rotatable bonds is 3. The summed E-state index contributed by atoms with van der Waals surface area (Å²) >= 11 is 0. The molecule has 1 aliphatic heterocycles. The molecule has 17 heavy (non-hydrogen) atoms. The van der Waals surface area contributed by atoms with Crippen LogP contribution < -0.4 is 5.32 Å². The molecule has 0 aromatic rings. The largest absolute Gasteiger partial charge is 0.513 e. The Morgan fingerprint density at radius 3 is 2.41 bits per heavy atom. The van der Waals surface area contributed by atoms with E-state index in [-0.39, 0.29) is 10.0 Å². The molecule has 0 spiro atoms. The molecule has 1 heterocycles. The summed E-state index contributed by atoms with van der Waals surface area (Å²) in [4.78, 5) is 11.6. The first-order valence-corrected chi connectivity index (χ1v) is 6.53. The fraction of sp³-hybridized carbons (Fsp3) is 0.923. The number of likely N-dealkylation sites (tertiary alicyclic amines) is 1. The quantitative estimate of drug-likeness (QED) is 0.748. The van der Waals surface area contributed by atoms with Gasteiger partial charge in [0.2, 0.25) is 0 Å². The maximum Gasteiger partial charge on any atom is 0.513 e. The third-order valence-electron chi connectivity index (χ3n) is 3.95. The second kappa shape index (κ2) is 4.94. The van der Waals surface area contributed by atoms with Crippen molar-refractivity contribution in [3.8, 4) is 0 Å². The van der Waals surface area contributed by atoms with Gasteiger partial charge in [-0.15, -0.1) is 0 Å². The summed E-state index contributed by atoms with van der Waals surface area (Å²) < 4.78 is 0.206. The van der Waals surface area contributed by atoms with Crippen molar-refractivity contribution in [1.29, 1.82) is 0 Å². The first kappa shape index (κ1) is 14.5. The van der Waals surface area contributed by atoms with Crippen LogP contribution in [0, 0.1) is 5.92 Å². The molecule has 1 amide bonds. The standard InChI is InChI=1S/C13H26N2O2/c1-10(2)14-8-11-6-7-15(9-11,12(16)17)13(3,4)5/h10-11,14H,6-9H2,1-5H3/p+1/t11-,15?/m0/s1. The Morgan fingerprint density at radius 2 is 2.06 bits per heavy atom. The van der Waals surface area contributed by atoms with Crippen LogP contribution in [0.2, 0.25) is 0 Å². The van der Waals surface area contributed by atoms with Crippen molar-refractivity contribution >= 4 is 6.09 Å². The van der Waals surface area contributed by atoms with Crippen LogP contribution in [0.15, 0.2) is 0 Å². The van der Waals surface area contributed by atoms with Crippen molar-refractivity contribution in [2.75, 3.05) is 19.6 Å². The molecular weight excluding hydrogens is 216 g/mol. The average molecular weight is 243 g/mol. The molecule has 0 saturated carbocycles. The summed E-state index contributed by atoms with van der Waals surface area (Å²) in [5.41, 5.74) is -0.224. The molecule has 0 aliphatic carbocycles. The van der Waals surface area contributed by atoms with E-state index in [1.165, 1.54) is 0 Å². The number of quaternary nitrogens is 1. The summed E-state index contributed by atoms with van der Waals surface area (Å²) in [6, 6.07) is 0.469. The lowest BCUT2D eigenvalue weighted by atomic mass is 10.0. The first-order chi connectivity index (χ1) is 7.69. The molecule has 4 heteroatoms. The number of amides is 1. The molecule has 1 rings (SSSR count). The number of hydrogen-bond donors (Lipinski definition) is 2. The van der Waals surface area contributed by atoms with Gasteiger partial charge in [-0.1, -0.05) is 13.8 Å². The van der Waals surface area contributed by atoms with Gasteiger partial charge in [-0.2, -0.15) is 4.79 Å². The lowest BCUT2D eigenvalue weighted by Gasteiger charge is -2.40. The molecule has 1 fully saturated rings. The first-order valence-electron chi connectivity index (χ1n) is 6.53. The number of nitrogens with one attached hydrogen (secondary N) is 1. The van der Waals surface area contributed by atoms with Crippen LogP contribution in [0.3, 0.4) is 0 Å². The molecule has 1 saturated heterocycles. The molecular formula is C13H27N2O2+. The molecule has 0 bridgehead atoms. The minimum Gasteiger partial charge on any atom is -0.435 e. The minimum absolute atomic E-state index is 0.206. The Bertz CT molecular complexity index is 284. The van der Waals surface area contributed by atoms with Gasteiger partial charge in [0.25, 0.3) is 0 Å². The number of nitrogens with zero attached hydrogens (tertiary/aromatic N) is 1. The van der Waals surface area contributed by atoms with Gasteiger partial charge in [-0.05, 0) is 20.8 Å². The summed E-state index contributed by atoms with van der Waals surface area (Å²) in [7, 11) is 0. The smallest absolute Gasteiger partial charge is 0.435 e. The molecule has 1 aliphatic rings. The summed E-state index contributed by atoms with van der Waals surface area (Å²) in [5.74, 6) is 0.479. The van der Waals surface area contributed by atoms with Crippen molar-refractivity contribution in [1.82, 2.24) is 5.32 Å². The molecule has 0 radical (unpaired) electrons. The molecule has 0 aromatic heterocycles. The Kier molecular flexibility index (Phi) is 4.20. The van der Waals surface area contributed by atoms with Gasteiger partial charge in [0.1, 0.15) is 5.54 Å². The Balaban J connectivity index is 2.70. The van der Waals surface area contributed by atoms with Gasteiger partial charge in [-0.3, -0.25) is 0 Å². The Labute approximate surface area is 105 Å². The predicted molar refractivity (Wildman–Crippen MR) is 69.0 cm³/mol. The second-order valence-electron chi connectivity index (χ2n) is 6.55. The van der Waals surface area contributed by atoms with Gasteiger partial charge in [0.05, 0.1) is 13.1 Å². The van der Waals surface area contributed by atoms with E-state index in [1.54, 1.807) is 0 Å². The van der Waals surface area contributed by atoms with Crippen molar-refractivity contribution in [2.24, 2.45) is 5.92 Å². The van der Waals surface area contributed by atoms with Gasteiger partial charge in [-0.25, -0.2) is 4.48 Å². The molecule has 0 aromatic carbocycles. The average Bonchev–Trinajstić information content (AvgIpc) is 2.58. The maximum absolute atomic E-state index is 11.6. The van der Waals surface area contributed by atoms with Crippen LogP contribution in [0.1, 0.15) is 41.0 Å². The van der Waals surface area contributed by atoms with Crippen LogP contribution >= 0.6 is 0 Å². The Hall–Kier alpha value is -0.610. The zero-order valence-corrected chi connectivity index (χ0v) is 11.8. The number of carbonyl (C=O) groups is 1. The highest BCUT2D eigenvalue weighted by atomic mass is 16.4. The maximum atomic E-state index is 11.6. The monoisotopic (exact) mass is 243 g/mol. The molecule has 2 atom stereocenters. The van der Waals surface area contributed by atoms with Gasteiger partial charge in [0, 0.05) is 24.9 Å². The summed E-state index contributed by atoms with van der Waals surface area (Å²) in [6.45, 7) is 12.8. The van der Waals surface area contributed by atoms with E-state index < -0.39 is 6.09 Å². The molecule has 4 nitrogen and oxygen atoms in total. The topological polar surface area (TPSA) is 49.3 Å². The lowest BCUT2D eigenvalue weighted by molar-refractivity contribution is -0.893. The fourth-order valence-corrected chi connectivity index (χ4v) is 2.67. The summed E-state index contributed by atoms with van der Waals surface area (Å²) in [6.07, 6.45) is 0.327. The number of hydrogen-bond acceptors (Lipinski definition) is 2. The third-order valence-corrected chi connectivity index (χ3v) is 3.95. The molecule has 1 unspecified atom stereocenters. The van der Waals surface area contributed by atoms with Crippen LogP contribution in [-0.2, 0) is 0 Å². The number of carboxylic acid groups (broad SMARTS) is 1. The van der Waals surface area contributed by atoms with E-state index in [2.05, 4.69) is 19.2 Å². The Morgan fingerprint density at radius 1 is 1.47 bits per heavy atom. The molecule has 100 valence electrons. The highest BCUT2D eigenvalue weighted by Gasteiger charge is 2.52. The van der Waals surface area contributed by atoms with E-state index in [9.17, 15) is 9.90 Å². The van der Waals surface area contributed by atoms with Crippen LogP contribution in [0.5, 0.6) is 0 Å². The van der Waals surface area contributed by atoms with Crippen LogP contribution in [0.4, 0.5) is 4.79 Å². The predicted octanol–water partition coefficient (Wildman–Crippen LogP) is 2.30. The van der Waals surface area contributed by atoms with Crippen LogP contribution in [0.25, 0.3) is 0 Å². The zero-order valence-electron chi connectivity index (χ0n) is 11.8.